The molecule has 0 unspecified atom stereocenters. The van der Waals surface area contributed by atoms with Gasteiger partial charge in [0, 0.05) is 25.0 Å². The number of nitrogens with one attached hydrogen (secondary N) is 1. The first-order chi connectivity index (χ1) is 17.7. The molecular formula is C25H23F4N7O. The second-order valence-corrected chi connectivity index (χ2v) is 7.94. The van der Waals surface area contributed by atoms with E-state index in [2.05, 4.69) is 36.8 Å². The molecule has 0 spiro atoms. The highest BCUT2D eigenvalue weighted by Gasteiger charge is 2.30. The largest absolute Gasteiger partial charge is 0.416 e. The fourth-order valence-electron chi connectivity index (χ4n) is 3.44. The molecule has 0 radical (unpaired) electrons. The van der Waals surface area contributed by atoms with Crippen LogP contribution in [0.25, 0.3) is 11.5 Å². The fraction of sp³-hybridized carbons (Fsp3) is 0.240. The summed E-state index contributed by atoms with van der Waals surface area (Å²) in [6.45, 7) is 7.34. The van der Waals surface area contributed by atoms with Gasteiger partial charge in [-0.1, -0.05) is 12.6 Å². The number of benzene rings is 1. The van der Waals surface area contributed by atoms with Crippen molar-refractivity contribution in [1.82, 2.24) is 19.9 Å². The summed E-state index contributed by atoms with van der Waals surface area (Å²) in [4.78, 5) is 23.2. The molecule has 12 heteroatoms. The van der Waals surface area contributed by atoms with E-state index < -0.39 is 17.6 Å². The molecular weight excluding hydrogens is 490 g/mol. The Morgan fingerprint density at radius 3 is 2.68 bits per heavy atom. The molecule has 2 aromatic heterocycles. The third-order valence-corrected chi connectivity index (χ3v) is 5.34. The zero-order valence-electron chi connectivity index (χ0n) is 19.8. The molecule has 1 fully saturated rings. The molecule has 1 N–H and O–H groups in total. The van der Waals surface area contributed by atoms with Crippen molar-refractivity contribution in [3.8, 4) is 11.5 Å². The quantitative estimate of drug-likeness (QED) is 0.274. The predicted molar refractivity (Wildman–Crippen MR) is 132 cm³/mol. The van der Waals surface area contributed by atoms with E-state index in [1.54, 1.807) is 17.9 Å². The molecule has 37 heavy (non-hydrogen) atoms. The number of hydrogen-bond donors (Lipinski definition) is 1. The molecule has 1 aliphatic rings. The van der Waals surface area contributed by atoms with Crippen molar-refractivity contribution in [3.63, 3.8) is 0 Å². The van der Waals surface area contributed by atoms with Crippen LogP contribution in [0, 0.1) is 5.82 Å². The summed E-state index contributed by atoms with van der Waals surface area (Å²) in [7, 11) is 0. The third kappa shape index (κ3) is 6.53. The van der Waals surface area contributed by atoms with Crippen LogP contribution in [0.15, 0.2) is 72.3 Å². The number of nitrogens with zero attached hydrogens (tertiary/aromatic N) is 6. The number of alkyl halides is 3. The van der Waals surface area contributed by atoms with Gasteiger partial charge in [-0.15, -0.1) is 0 Å². The topological polar surface area (TPSA) is 88.4 Å². The lowest BCUT2D eigenvalue weighted by molar-refractivity contribution is -0.137. The minimum Gasteiger partial charge on any atom is -0.378 e. The number of aromatic nitrogens is 4. The number of aliphatic imine (C=N–C) groups is 1. The van der Waals surface area contributed by atoms with Crippen molar-refractivity contribution in [3.05, 3.63) is 84.5 Å². The zero-order chi connectivity index (χ0) is 26.4. The van der Waals surface area contributed by atoms with E-state index in [1.165, 1.54) is 30.6 Å². The highest BCUT2D eigenvalue weighted by atomic mass is 19.4. The summed E-state index contributed by atoms with van der Waals surface area (Å²) in [5.74, 6) is 0.149. The Morgan fingerprint density at radius 2 is 1.95 bits per heavy atom. The van der Waals surface area contributed by atoms with Crippen LogP contribution in [-0.4, -0.2) is 52.0 Å². The number of halogens is 4. The Hall–Kier alpha value is -4.19. The smallest absolute Gasteiger partial charge is 0.378 e. The SMILES string of the molecule is C=C/C(=C\N=C(C)c1nccc(-c2ncc(F)c(N3CCOCC3)n2)n1)Nc1cccc(C(F)(F)F)c1. The summed E-state index contributed by atoms with van der Waals surface area (Å²) in [6.07, 6.45) is 0.993. The highest BCUT2D eigenvalue weighted by Crippen LogP contribution is 2.31. The molecule has 8 nitrogen and oxygen atoms in total. The Labute approximate surface area is 210 Å². The molecule has 0 amide bonds. The van der Waals surface area contributed by atoms with Gasteiger partial charge in [-0.05, 0) is 37.3 Å². The molecule has 1 aliphatic heterocycles. The average molecular weight is 513 g/mol. The molecule has 192 valence electrons. The van der Waals surface area contributed by atoms with Gasteiger partial charge in [-0.2, -0.15) is 13.2 Å². The van der Waals surface area contributed by atoms with Gasteiger partial charge in [-0.25, -0.2) is 24.3 Å². The van der Waals surface area contributed by atoms with Crippen molar-refractivity contribution in [2.24, 2.45) is 4.99 Å². The third-order valence-electron chi connectivity index (χ3n) is 5.34. The summed E-state index contributed by atoms with van der Waals surface area (Å²) >= 11 is 0. The normalized spacial score (nSPS) is 15.0. The van der Waals surface area contributed by atoms with Crippen molar-refractivity contribution in [2.75, 3.05) is 36.5 Å². The standard InChI is InChI=1S/C25H23F4N7O/c1-3-18(33-19-6-4-5-17(13-19)25(27,28)29)14-31-16(2)22-30-8-7-21(34-22)23-32-15-20(26)24(35-23)36-9-11-37-12-10-36/h3-8,13-15,33H,1,9-12H2,2H3/b18-14+,31-16?. The van der Waals surface area contributed by atoms with Gasteiger partial charge in [-0.3, -0.25) is 4.99 Å². The van der Waals surface area contributed by atoms with Crippen LogP contribution in [0.1, 0.15) is 18.3 Å². The van der Waals surface area contributed by atoms with Crippen LogP contribution in [0.3, 0.4) is 0 Å². The number of allylic oxidation sites excluding steroid dienone is 1. The molecule has 3 heterocycles. The maximum atomic E-state index is 14.4. The molecule has 3 aromatic rings. The molecule has 1 aromatic carbocycles. The van der Waals surface area contributed by atoms with Crippen LogP contribution in [0.2, 0.25) is 0 Å². The van der Waals surface area contributed by atoms with Gasteiger partial charge in [0.1, 0.15) is 5.69 Å². The van der Waals surface area contributed by atoms with Crippen LogP contribution in [0.4, 0.5) is 29.1 Å². The lowest BCUT2D eigenvalue weighted by atomic mass is 10.2. The van der Waals surface area contributed by atoms with E-state index in [1.807, 2.05) is 0 Å². The summed E-state index contributed by atoms with van der Waals surface area (Å²) in [6, 6.07) is 6.40. The second-order valence-electron chi connectivity index (χ2n) is 7.94. The average Bonchev–Trinajstić information content (AvgIpc) is 2.91. The predicted octanol–water partition coefficient (Wildman–Crippen LogP) is 4.88. The highest BCUT2D eigenvalue weighted by molar-refractivity contribution is 5.96. The van der Waals surface area contributed by atoms with Gasteiger partial charge in [0.15, 0.2) is 23.3 Å². The first-order valence-electron chi connectivity index (χ1n) is 11.2. The van der Waals surface area contributed by atoms with Crippen LogP contribution in [-0.2, 0) is 10.9 Å². The van der Waals surface area contributed by atoms with Crippen molar-refractivity contribution < 1.29 is 22.3 Å². The minimum atomic E-state index is -4.45. The van der Waals surface area contributed by atoms with Crippen LogP contribution >= 0.6 is 0 Å². The first-order valence-corrected chi connectivity index (χ1v) is 11.2. The van der Waals surface area contributed by atoms with Gasteiger partial charge in [0.05, 0.1) is 42.6 Å². The lowest BCUT2D eigenvalue weighted by Crippen LogP contribution is -2.37. The van der Waals surface area contributed by atoms with E-state index in [9.17, 15) is 17.6 Å². The molecule has 0 bridgehead atoms. The Kier molecular flexibility index (Phi) is 7.87. The van der Waals surface area contributed by atoms with Gasteiger partial charge in [0.2, 0.25) is 0 Å². The van der Waals surface area contributed by atoms with Crippen LogP contribution < -0.4 is 10.2 Å². The molecule has 1 saturated heterocycles. The zero-order valence-corrected chi connectivity index (χ0v) is 19.8. The number of rotatable bonds is 7. The molecule has 4 rings (SSSR count). The van der Waals surface area contributed by atoms with Crippen molar-refractivity contribution in [1.29, 1.82) is 0 Å². The lowest BCUT2D eigenvalue weighted by Gasteiger charge is -2.28. The van der Waals surface area contributed by atoms with Crippen molar-refractivity contribution in [2.45, 2.75) is 13.1 Å². The van der Waals surface area contributed by atoms with Gasteiger partial charge >= 0.3 is 6.18 Å². The Bertz CT molecular complexity index is 1330. The monoisotopic (exact) mass is 513 g/mol. The van der Waals surface area contributed by atoms with E-state index in [0.717, 1.165) is 18.3 Å². The second kappa shape index (κ2) is 11.2. The summed E-state index contributed by atoms with van der Waals surface area (Å²) in [5.41, 5.74) is 0.626. The number of hydrogen-bond acceptors (Lipinski definition) is 8. The van der Waals surface area contributed by atoms with E-state index in [-0.39, 0.29) is 23.2 Å². The molecule has 0 saturated carbocycles. The summed E-state index contributed by atoms with van der Waals surface area (Å²) in [5, 5.41) is 2.85. The summed E-state index contributed by atoms with van der Waals surface area (Å²) < 4.78 is 58.7. The van der Waals surface area contributed by atoms with Gasteiger partial charge in [0.25, 0.3) is 0 Å². The number of anilines is 2. The first kappa shape index (κ1) is 25.9. The van der Waals surface area contributed by atoms with Gasteiger partial charge < -0.3 is 15.0 Å². The van der Waals surface area contributed by atoms with E-state index in [0.29, 0.717) is 43.4 Å². The van der Waals surface area contributed by atoms with Crippen molar-refractivity contribution >= 4 is 17.2 Å². The van der Waals surface area contributed by atoms with E-state index >= 15 is 0 Å². The van der Waals surface area contributed by atoms with Crippen LogP contribution in [0.5, 0.6) is 0 Å². The maximum Gasteiger partial charge on any atom is 0.416 e. The molecule has 0 atom stereocenters. The number of morpholine rings is 1. The Morgan fingerprint density at radius 1 is 1.16 bits per heavy atom. The minimum absolute atomic E-state index is 0.179. The fourth-order valence-corrected chi connectivity index (χ4v) is 3.44. The van der Waals surface area contributed by atoms with E-state index in [4.69, 9.17) is 4.74 Å². The maximum absolute atomic E-state index is 14.4. The number of ether oxygens (including phenoxy) is 1. The Balaban J connectivity index is 1.55. The molecule has 0 aliphatic carbocycles.